The number of aliphatic hydroxyl groups is 1. The summed E-state index contributed by atoms with van der Waals surface area (Å²) in [7, 11) is 0. The number of nitrogens with zero attached hydrogens (tertiary/aromatic N) is 2. The van der Waals surface area contributed by atoms with E-state index in [1.165, 1.54) is 4.90 Å². The number of carbonyl (C=O) groups is 3. The van der Waals surface area contributed by atoms with Crippen molar-refractivity contribution in [2.24, 2.45) is 11.8 Å². The quantitative estimate of drug-likeness (QED) is 0.382. The van der Waals surface area contributed by atoms with Gasteiger partial charge in [0.15, 0.2) is 0 Å². The largest absolute Gasteiger partial charge is 0.395 e. The van der Waals surface area contributed by atoms with E-state index in [4.69, 9.17) is 4.74 Å². The van der Waals surface area contributed by atoms with Gasteiger partial charge in [-0.05, 0) is 51.0 Å². The molecule has 3 N–H and O–H groups in total. The normalized spacial score (nSPS) is 30.9. The fourth-order valence-corrected chi connectivity index (χ4v) is 6.94. The van der Waals surface area contributed by atoms with Crippen molar-refractivity contribution in [3.63, 3.8) is 0 Å². The molecule has 3 amide bonds. The molecular formula is C25H35BrN4O5. The van der Waals surface area contributed by atoms with Crippen LogP contribution < -0.4 is 15.5 Å². The standard InChI is InChI=1S/C25H35BrN4O5/c1-4-11-27-22(32)18-19-24(34)30(12-13-31)21(25(19)14-17(26)20(18)35-25)23(33)28-15-7-9-16(10-8-15)29(5-2)6-3/h7-10,17-21,31H,4-6,11-14H2,1-3H3,(H,27,32)(H,28,33)/t17?,18-,19-,20-,21?,25?/m0/s1. The van der Waals surface area contributed by atoms with Crippen LogP contribution >= 0.6 is 15.9 Å². The zero-order chi connectivity index (χ0) is 25.3. The van der Waals surface area contributed by atoms with E-state index < -0.39 is 29.6 Å². The van der Waals surface area contributed by atoms with E-state index in [9.17, 15) is 19.5 Å². The van der Waals surface area contributed by atoms with Crippen LogP contribution in [0.3, 0.4) is 0 Å². The molecule has 3 aliphatic heterocycles. The first kappa shape index (κ1) is 25.9. The fourth-order valence-electron chi connectivity index (χ4n) is 6.00. The minimum absolute atomic E-state index is 0.000343. The molecule has 10 heteroatoms. The van der Waals surface area contributed by atoms with Gasteiger partial charge in [-0.1, -0.05) is 22.9 Å². The number of halogens is 1. The summed E-state index contributed by atoms with van der Waals surface area (Å²) in [4.78, 5) is 43.7. The van der Waals surface area contributed by atoms with E-state index in [0.29, 0.717) is 18.7 Å². The molecule has 3 fully saturated rings. The van der Waals surface area contributed by atoms with Crippen LogP contribution in [0.1, 0.15) is 33.6 Å². The van der Waals surface area contributed by atoms with Gasteiger partial charge < -0.3 is 30.3 Å². The molecule has 35 heavy (non-hydrogen) atoms. The highest BCUT2D eigenvalue weighted by molar-refractivity contribution is 9.09. The van der Waals surface area contributed by atoms with Crippen LogP contribution in [-0.4, -0.2) is 83.1 Å². The average Bonchev–Trinajstić information content (AvgIpc) is 3.43. The smallest absolute Gasteiger partial charge is 0.250 e. The number of fused-ring (bicyclic) bond motifs is 1. The van der Waals surface area contributed by atoms with Crippen LogP contribution in [0.15, 0.2) is 24.3 Å². The van der Waals surface area contributed by atoms with Gasteiger partial charge in [0.1, 0.15) is 11.6 Å². The number of ether oxygens (including phenoxy) is 1. The van der Waals surface area contributed by atoms with Crippen LogP contribution in [-0.2, 0) is 19.1 Å². The third-order valence-corrected chi connectivity index (χ3v) is 8.34. The van der Waals surface area contributed by atoms with Crippen LogP contribution in [0, 0.1) is 11.8 Å². The highest BCUT2D eigenvalue weighted by atomic mass is 79.9. The maximum Gasteiger partial charge on any atom is 0.250 e. The Morgan fingerprint density at radius 1 is 1.20 bits per heavy atom. The van der Waals surface area contributed by atoms with Gasteiger partial charge in [-0.25, -0.2) is 0 Å². The Morgan fingerprint density at radius 2 is 1.89 bits per heavy atom. The van der Waals surface area contributed by atoms with E-state index in [2.05, 4.69) is 45.3 Å². The van der Waals surface area contributed by atoms with Crippen LogP contribution in [0.25, 0.3) is 0 Å². The highest BCUT2D eigenvalue weighted by Crippen LogP contribution is 2.60. The number of aliphatic hydroxyl groups excluding tert-OH is 1. The molecule has 3 heterocycles. The van der Waals surface area contributed by atoms with E-state index in [0.717, 1.165) is 25.2 Å². The summed E-state index contributed by atoms with van der Waals surface area (Å²) in [5.41, 5.74) is 0.553. The van der Waals surface area contributed by atoms with E-state index >= 15 is 0 Å². The summed E-state index contributed by atoms with van der Waals surface area (Å²) < 4.78 is 6.39. The SMILES string of the molecule is CCCNC(=O)[C@H]1[C@H]2C(=O)N(CCO)C(C(=O)Nc3ccc(N(CC)CC)cc3)C23CC(Br)[C@@H]1O3. The molecule has 1 aromatic carbocycles. The van der Waals surface area contributed by atoms with E-state index in [1.54, 1.807) is 0 Å². The second-order valence-electron chi connectivity index (χ2n) is 9.42. The Kier molecular flexibility index (Phi) is 7.73. The predicted molar refractivity (Wildman–Crippen MR) is 136 cm³/mol. The lowest BCUT2D eigenvalue weighted by atomic mass is 9.70. The van der Waals surface area contributed by atoms with E-state index in [1.807, 2.05) is 31.2 Å². The number of anilines is 2. The third kappa shape index (κ3) is 4.34. The number of alkyl halides is 1. The van der Waals surface area contributed by atoms with Gasteiger partial charge in [0.05, 0.1) is 24.5 Å². The number of hydrogen-bond acceptors (Lipinski definition) is 6. The van der Waals surface area contributed by atoms with Gasteiger partial charge in [0.25, 0.3) is 0 Å². The maximum absolute atomic E-state index is 13.7. The molecule has 1 aromatic rings. The van der Waals surface area contributed by atoms with E-state index in [-0.39, 0.29) is 35.7 Å². The molecule has 0 aliphatic carbocycles. The fraction of sp³-hybridized carbons (Fsp3) is 0.640. The van der Waals surface area contributed by atoms with Crippen molar-refractivity contribution in [3.8, 4) is 0 Å². The number of likely N-dealkylation sites (tertiary alicyclic amines) is 1. The van der Waals surface area contributed by atoms with Crippen molar-refractivity contribution < 1.29 is 24.2 Å². The first-order chi connectivity index (χ1) is 16.8. The molecule has 3 unspecified atom stereocenters. The van der Waals surface area contributed by atoms with Gasteiger partial charge in [-0.3, -0.25) is 14.4 Å². The van der Waals surface area contributed by atoms with Gasteiger partial charge >= 0.3 is 0 Å². The highest BCUT2D eigenvalue weighted by Gasteiger charge is 2.76. The van der Waals surface area contributed by atoms with Crippen molar-refractivity contribution in [2.45, 2.75) is 56.2 Å². The summed E-state index contributed by atoms with van der Waals surface area (Å²) >= 11 is 3.64. The molecule has 192 valence electrons. The molecule has 6 atom stereocenters. The summed E-state index contributed by atoms with van der Waals surface area (Å²) in [6.45, 7) is 8.13. The van der Waals surface area contributed by atoms with Gasteiger partial charge in [0, 0.05) is 42.4 Å². The average molecular weight is 551 g/mol. The Hall–Kier alpha value is -2.17. The third-order valence-electron chi connectivity index (χ3n) is 7.49. The molecule has 2 bridgehead atoms. The molecule has 0 radical (unpaired) electrons. The topological polar surface area (TPSA) is 111 Å². The molecule has 0 saturated carbocycles. The van der Waals surface area contributed by atoms with Crippen molar-refractivity contribution in [1.82, 2.24) is 10.2 Å². The molecule has 9 nitrogen and oxygen atoms in total. The Balaban J connectivity index is 1.62. The monoisotopic (exact) mass is 550 g/mol. The zero-order valence-electron chi connectivity index (χ0n) is 20.5. The van der Waals surface area contributed by atoms with Gasteiger partial charge in [0.2, 0.25) is 17.7 Å². The molecule has 3 aliphatic rings. The first-order valence-electron chi connectivity index (χ1n) is 12.5. The van der Waals surface area contributed by atoms with Crippen molar-refractivity contribution in [3.05, 3.63) is 24.3 Å². The first-order valence-corrected chi connectivity index (χ1v) is 13.4. The second kappa shape index (κ2) is 10.4. The maximum atomic E-state index is 13.7. The Labute approximate surface area is 214 Å². The van der Waals surface area contributed by atoms with Crippen LogP contribution in [0.5, 0.6) is 0 Å². The van der Waals surface area contributed by atoms with Crippen LogP contribution in [0.2, 0.25) is 0 Å². The van der Waals surface area contributed by atoms with Crippen LogP contribution in [0.4, 0.5) is 11.4 Å². The number of nitrogens with one attached hydrogen (secondary N) is 2. The molecule has 4 rings (SSSR count). The summed E-state index contributed by atoms with van der Waals surface area (Å²) in [6, 6.07) is 6.65. The van der Waals surface area contributed by atoms with Crippen molar-refractivity contribution in [1.29, 1.82) is 0 Å². The van der Waals surface area contributed by atoms with Gasteiger partial charge in [-0.15, -0.1) is 0 Å². The van der Waals surface area contributed by atoms with Crippen molar-refractivity contribution in [2.75, 3.05) is 43.0 Å². The zero-order valence-corrected chi connectivity index (χ0v) is 22.1. The lowest BCUT2D eigenvalue weighted by Gasteiger charge is -2.34. The number of carbonyl (C=O) groups excluding carboxylic acids is 3. The number of benzene rings is 1. The molecular weight excluding hydrogens is 516 g/mol. The Morgan fingerprint density at radius 3 is 2.49 bits per heavy atom. The number of rotatable bonds is 10. The van der Waals surface area contributed by atoms with Crippen molar-refractivity contribution >= 4 is 45.0 Å². The molecule has 0 aromatic heterocycles. The minimum Gasteiger partial charge on any atom is -0.395 e. The minimum atomic E-state index is -1.12. The summed E-state index contributed by atoms with van der Waals surface area (Å²) in [5, 5.41) is 15.5. The summed E-state index contributed by atoms with van der Waals surface area (Å²) in [5.74, 6) is -2.35. The summed E-state index contributed by atoms with van der Waals surface area (Å²) in [6.07, 6.45) is 0.730. The lowest BCUT2D eigenvalue weighted by molar-refractivity contribution is -0.141. The molecule has 1 spiro atoms. The number of hydrogen-bond donors (Lipinski definition) is 3. The number of β-amino-alcohol motifs (C(OH)–C–C–N with tert-alkyl or cyclic N) is 1. The Bertz CT molecular complexity index is 956. The van der Waals surface area contributed by atoms with Gasteiger partial charge in [-0.2, -0.15) is 0 Å². The lowest BCUT2D eigenvalue weighted by Crippen LogP contribution is -2.54. The predicted octanol–water partition coefficient (Wildman–Crippen LogP) is 1.74. The second-order valence-corrected chi connectivity index (χ2v) is 10.6. The molecule has 3 saturated heterocycles. The number of amides is 3.